The molecule has 134 valence electrons. The fraction of sp³-hybridized carbons (Fsp3) is 0.278. The third-order valence-electron chi connectivity index (χ3n) is 3.53. The van der Waals surface area contributed by atoms with Crippen molar-refractivity contribution >= 4 is 5.97 Å². The van der Waals surface area contributed by atoms with Crippen molar-refractivity contribution in [3.63, 3.8) is 0 Å². The summed E-state index contributed by atoms with van der Waals surface area (Å²) in [6, 6.07) is 7.06. The molecule has 2 rings (SSSR count). The van der Waals surface area contributed by atoms with Crippen molar-refractivity contribution in [3.05, 3.63) is 47.3 Å². The maximum absolute atomic E-state index is 13.4. The van der Waals surface area contributed by atoms with Crippen LogP contribution in [0.15, 0.2) is 30.3 Å². The van der Waals surface area contributed by atoms with E-state index in [0.717, 1.165) is 0 Å². The van der Waals surface area contributed by atoms with Gasteiger partial charge in [0.25, 0.3) is 0 Å². The molecular weight excluding hydrogens is 331 g/mol. The minimum absolute atomic E-state index is 0.155. The second-order valence-corrected chi connectivity index (χ2v) is 4.91. The molecule has 0 amide bonds. The van der Waals surface area contributed by atoms with E-state index in [2.05, 4.69) is 0 Å². The monoisotopic (exact) mass is 350 g/mol. The molecule has 0 radical (unpaired) electrons. The molecule has 25 heavy (non-hydrogen) atoms. The Morgan fingerprint density at radius 2 is 1.52 bits per heavy atom. The highest BCUT2D eigenvalue weighted by Gasteiger charge is 2.22. The highest BCUT2D eigenvalue weighted by molar-refractivity contribution is 5.94. The standard InChI is InChI=1S/C18H19FO6/c1-21-14-7-5-12(19)9-11(14)10-25-18(20)13-6-8-15(22-2)17(24-4)16(13)23-3/h5-9H,10H2,1-4H3. The molecule has 0 unspecified atom stereocenters. The lowest BCUT2D eigenvalue weighted by atomic mass is 10.1. The highest BCUT2D eigenvalue weighted by atomic mass is 19.1. The van der Waals surface area contributed by atoms with Gasteiger partial charge in [-0.15, -0.1) is 0 Å². The fourth-order valence-electron chi connectivity index (χ4n) is 2.34. The van der Waals surface area contributed by atoms with Crippen LogP contribution in [0.4, 0.5) is 4.39 Å². The first-order chi connectivity index (χ1) is 12.0. The lowest BCUT2D eigenvalue weighted by Crippen LogP contribution is -2.09. The lowest BCUT2D eigenvalue weighted by molar-refractivity contribution is 0.0465. The van der Waals surface area contributed by atoms with Gasteiger partial charge in [0.05, 0.1) is 28.4 Å². The van der Waals surface area contributed by atoms with Gasteiger partial charge in [0.1, 0.15) is 23.7 Å². The summed E-state index contributed by atoms with van der Waals surface area (Å²) < 4.78 is 39.4. The number of hydrogen-bond donors (Lipinski definition) is 0. The quantitative estimate of drug-likeness (QED) is 0.715. The van der Waals surface area contributed by atoms with Gasteiger partial charge in [-0.2, -0.15) is 0 Å². The Morgan fingerprint density at radius 1 is 0.880 bits per heavy atom. The van der Waals surface area contributed by atoms with Crippen molar-refractivity contribution in [1.29, 1.82) is 0 Å². The molecule has 0 spiro atoms. The average Bonchev–Trinajstić information content (AvgIpc) is 2.64. The number of halogens is 1. The van der Waals surface area contributed by atoms with E-state index in [-0.39, 0.29) is 23.7 Å². The summed E-state index contributed by atoms with van der Waals surface area (Å²) in [5, 5.41) is 0. The number of ether oxygens (including phenoxy) is 5. The molecule has 6 nitrogen and oxygen atoms in total. The van der Waals surface area contributed by atoms with Gasteiger partial charge in [0, 0.05) is 5.56 Å². The lowest BCUT2D eigenvalue weighted by Gasteiger charge is -2.15. The van der Waals surface area contributed by atoms with Crippen molar-refractivity contribution in [2.75, 3.05) is 28.4 Å². The van der Waals surface area contributed by atoms with E-state index in [0.29, 0.717) is 17.1 Å². The number of carbonyl (C=O) groups is 1. The van der Waals surface area contributed by atoms with Crippen molar-refractivity contribution in [3.8, 4) is 23.0 Å². The molecule has 2 aromatic rings. The second-order valence-electron chi connectivity index (χ2n) is 4.91. The van der Waals surface area contributed by atoms with Crippen LogP contribution in [-0.4, -0.2) is 34.4 Å². The zero-order valence-corrected chi connectivity index (χ0v) is 14.4. The summed E-state index contributed by atoms with van der Waals surface area (Å²) in [5.74, 6) is 0.219. The number of rotatable bonds is 7. The van der Waals surface area contributed by atoms with Crippen LogP contribution < -0.4 is 18.9 Å². The van der Waals surface area contributed by atoms with E-state index in [1.165, 1.54) is 52.7 Å². The van der Waals surface area contributed by atoms with Gasteiger partial charge in [0.15, 0.2) is 11.5 Å². The molecule has 7 heteroatoms. The van der Waals surface area contributed by atoms with Gasteiger partial charge in [-0.1, -0.05) is 0 Å². The van der Waals surface area contributed by atoms with Gasteiger partial charge < -0.3 is 23.7 Å². The first-order valence-electron chi connectivity index (χ1n) is 7.34. The van der Waals surface area contributed by atoms with Crippen LogP contribution in [0.3, 0.4) is 0 Å². The van der Waals surface area contributed by atoms with E-state index in [9.17, 15) is 9.18 Å². The molecule has 0 aromatic heterocycles. The molecule has 2 aromatic carbocycles. The van der Waals surface area contributed by atoms with Crippen molar-refractivity contribution in [1.82, 2.24) is 0 Å². The van der Waals surface area contributed by atoms with Gasteiger partial charge in [-0.3, -0.25) is 0 Å². The fourth-order valence-corrected chi connectivity index (χ4v) is 2.34. The first-order valence-corrected chi connectivity index (χ1v) is 7.34. The van der Waals surface area contributed by atoms with Crippen molar-refractivity contribution < 1.29 is 32.9 Å². The smallest absolute Gasteiger partial charge is 0.342 e. The summed E-state index contributed by atoms with van der Waals surface area (Å²) in [4.78, 5) is 12.4. The summed E-state index contributed by atoms with van der Waals surface area (Å²) in [5.41, 5.74) is 0.575. The van der Waals surface area contributed by atoms with Gasteiger partial charge in [0.2, 0.25) is 5.75 Å². The van der Waals surface area contributed by atoms with E-state index in [1.807, 2.05) is 0 Å². The summed E-state index contributed by atoms with van der Waals surface area (Å²) in [6.07, 6.45) is 0. The largest absolute Gasteiger partial charge is 0.496 e. The average molecular weight is 350 g/mol. The minimum Gasteiger partial charge on any atom is -0.496 e. The minimum atomic E-state index is -0.649. The predicted octanol–water partition coefficient (Wildman–Crippen LogP) is 3.22. The third kappa shape index (κ3) is 3.93. The van der Waals surface area contributed by atoms with Crippen LogP contribution in [0.5, 0.6) is 23.0 Å². The normalized spacial score (nSPS) is 10.1. The highest BCUT2D eigenvalue weighted by Crippen LogP contribution is 2.40. The van der Waals surface area contributed by atoms with Crippen LogP contribution in [0.2, 0.25) is 0 Å². The zero-order valence-electron chi connectivity index (χ0n) is 14.4. The zero-order chi connectivity index (χ0) is 18.4. The molecule has 0 saturated heterocycles. The van der Waals surface area contributed by atoms with Crippen LogP contribution in [0.1, 0.15) is 15.9 Å². The molecule has 0 atom stereocenters. The maximum Gasteiger partial charge on any atom is 0.342 e. The maximum atomic E-state index is 13.4. The molecule has 0 saturated carbocycles. The molecular formula is C18H19FO6. The molecule has 0 aliphatic heterocycles. The summed E-state index contributed by atoms with van der Waals surface area (Å²) in [7, 11) is 5.78. The van der Waals surface area contributed by atoms with Crippen molar-refractivity contribution in [2.24, 2.45) is 0 Å². The molecule has 0 heterocycles. The van der Waals surface area contributed by atoms with E-state index in [4.69, 9.17) is 23.7 Å². The predicted molar refractivity (Wildman–Crippen MR) is 88.2 cm³/mol. The Morgan fingerprint density at radius 3 is 2.12 bits per heavy atom. The molecule has 0 N–H and O–H groups in total. The van der Waals surface area contributed by atoms with Gasteiger partial charge >= 0.3 is 5.97 Å². The Hall–Kier alpha value is -2.96. The van der Waals surface area contributed by atoms with Crippen LogP contribution in [0, 0.1) is 5.82 Å². The Labute approximate surface area is 145 Å². The molecule has 0 aliphatic carbocycles. The summed E-state index contributed by atoms with van der Waals surface area (Å²) in [6.45, 7) is -0.155. The van der Waals surface area contributed by atoms with E-state index < -0.39 is 11.8 Å². The number of esters is 1. The Balaban J connectivity index is 2.26. The third-order valence-corrected chi connectivity index (χ3v) is 3.53. The van der Waals surface area contributed by atoms with Gasteiger partial charge in [-0.25, -0.2) is 9.18 Å². The second kappa shape index (κ2) is 8.23. The first kappa shape index (κ1) is 18.4. The number of hydrogen-bond acceptors (Lipinski definition) is 6. The SMILES string of the molecule is COc1ccc(F)cc1COC(=O)c1ccc(OC)c(OC)c1OC. The van der Waals surface area contributed by atoms with E-state index >= 15 is 0 Å². The summed E-state index contributed by atoms with van der Waals surface area (Å²) >= 11 is 0. The van der Waals surface area contributed by atoms with Crippen molar-refractivity contribution in [2.45, 2.75) is 6.61 Å². The van der Waals surface area contributed by atoms with Gasteiger partial charge in [-0.05, 0) is 30.3 Å². The Kier molecular flexibility index (Phi) is 6.05. The molecule has 0 bridgehead atoms. The molecule has 0 fully saturated rings. The van der Waals surface area contributed by atoms with Crippen LogP contribution in [-0.2, 0) is 11.3 Å². The molecule has 0 aliphatic rings. The topological polar surface area (TPSA) is 63.2 Å². The number of carbonyl (C=O) groups excluding carboxylic acids is 1. The number of methoxy groups -OCH3 is 4. The van der Waals surface area contributed by atoms with E-state index in [1.54, 1.807) is 6.07 Å². The van der Waals surface area contributed by atoms with Crippen LogP contribution in [0.25, 0.3) is 0 Å². The Bertz CT molecular complexity index is 759. The number of benzene rings is 2. The van der Waals surface area contributed by atoms with Crippen LogP contribution >= 0.6 is 0 Å².